The average molecular weight is 394 g/mol. The quantitative estimate of drug-likeness (QED) is 0.688. The van der Waals surface area contributed by atoms with Crippen LogP contribution >= 0.6 is 0 Å². The molecule has 1 heterocycles. The molecule has 3 rings (SSSR count). The van der Waals surface area contributed by atoms with E-state index in [0.717, 1.165) is 24.0 Å². The summed E-state index contributed by atoms with van der Waals surface area (Å²) in [6, 6.07) is 0. The summed E-state index contributed by atoms with van der Waals surface area (Å²) in [6.07, 6.45) is 7.06. The maximum Gasteiger partial charge on any atom is 0.247 e. The SMILES string of the molecule is CN=C1C=C(N(CC2COC2)S(C)(=O)=O)C(C2CC2)=C/C1=C(/C)C(=O)NC. The first-order valence-electron chi connectivity index (χ1n) is 9.15. The average Bonchev–Trinajstić information content (AvgIpc) is 3.42. The van der Waals surface area contributed by atoms with Gasteiger partial charge in [-0.3, -0.25) is 14.1 Å². The topological polar surface area (TPSA) is 88.1 Å². The Labute approximate surface area is 160 Å². The smallest absolute Gasteiger partial charge is 0.247 e. The summed E-state index contributed by atoms with van der Waals surface area (Å²) < 4.78 is 31.8. The van der Waals surface area contributed by atoms with E-state index in [0.29, 0.717) is 42.7 Å². The molecule has 2 fully saturated rings. The Bertz CT molecular complexity index is 859. The number of nitrogens with one attached hydrogen (secondary N) is 1. The molecular weight excluding hydrogens is 366 g/mol. The van der Waals surface area contributed by atoms with Crippen LogP contribution in [0.25, 0.3) is 0 Å². The zero-order valence-corrected chi connectivity index (χ0v) is 17.1. The molecule has 1 aliphatic heterocycles. The highest BCUT2D eigenvalue weighted by Gasteiger charge is 2.37. The number of amides is 1. The van der Waals surface area contributed by atoms with Crippen LogP contribution in [0.5, 0.6) is 0 Å². The first kappa shape index (κ1) is 19.8. The molecule has 0 atom stereocenters. The molecule has 0 aromatic heterocycles. The van der Waals surface area contributed by atoms with Crippen LogP contribution in [-0.2, 0) is 19.6 Å². The van der Waals surface area contributed by atoms with Crippen molar-refractivity contribution in [3.05, 3.63) is 34.6 Å². The van der Waals surface area contributed by atoms with E-state index in [-0.39, 0.29) is 11.8 Å². The molecule has 1 N–H and O–H groups in total. The molecule has 27 heavy (non-hydrogen) atoms. The van der Waals surface area contributed by atoms with Crippen LogP contribution in [-0.4, -0.2) is 64.5 Å². The van der Waals surface area contributed by atoms with Gasteiger partial charge in [0, 0.05) is 37.7 Å². The molecule has 0 unspecified atom stereocenters. The number of allylic oxidation sites excluding steroid dienone is 4. The van der Waals surface area contributed by atoms with Gasteiger partial charge in [-0.15, -0.1) is 0 Å². The Morgan fingerprint density at radius 2 is 2.00 bits per heavy atom. The van der Waals surface area contributed by atoms with Gasteiger partial charge in [0.1, 0.15) is 0 Å². The first-order valence-corrected chi connectivity index (χ1v) is 11.0. The fraction of sp³-hybridized carbons (Fsp3) is 0.579. The summed E-state index contributed by atoms with van der Waals surface area (Å²) in [5, 5.41) is 2.64. The molecule has 3 aliphatic rings. The van der Waals surface area contributed by atoms with Gasteiger partial charge in [0.15, 0.2) is 0 Å². The maximum absolute atomic E-state index is 12.6. The van der Waals surface area contributed by atoms with Gasteiger partial charge in [0.2, 0.25) is 15.9 Å². The van der Waals surface area contributed by atoms with Crippen molar-refractivity contribution < 1.29 is 17.9 Å². The molecule has 0 radical (unpaired) electrons. The standard InChI is InChI=1S/C19H27N3O4S/c1-12(19(23)21-3)15-7-16(14-5-6-14)18(8-17(15)20-2)22(27(4,24)25)9-13-10-26-11-13/h7-8,13-14H,5-6,9-11H2,1-4H3,(H,21,23)/b15-12+,20-17?. The summed E-state index contributed by atoms with van der Waals surface area (Å²) in [7, 11) is -0.199. The fourth-order valence-electron chi connectivity index (χ4n) is 3.36. The van der Waals surface area contributed by atoms with Gasteiger partial charge >= 0.3 is 0 Å². The third-order valence-corrected chi connectivity index (χ3v) is 6.32. The van der Waals surface area contributed by atoms with Crippen LogP contribution in [0.2, 0.25) is 0 Å². The summed E-state index contributed by atoms with van der Waals surface area (Å²) in [5.74, 6) is 0.359. The van der Waals surface area contributed by atoms with Crippen molar-refractivity contribution in [3.63, 3.8) is 0 Å². The molecule has 1 amide bonds. The third kappa shape index (κ3) is 4.16. The molecule has 7 nitrogen and oxygen atoms in total. The van der Waals surface area contributed by atoms with Gasteiger partial charge in [-0.25, -0.2) is 8.42 Å². The van der Waals surface area contributed by atoms with E-state index in [2.05, 4.69) is 10.3 Å². The minimum Gasteiger partial charge on any atom is -0.381 e. The number of rotatable bonds is 6. The summed E-state index contributed by atoms with van der Waals surface area (Å²) in [6.45, 7) is 3.33. The highest BCUT2D eigenvalue weighted by atomic mass is 32.2. The fourth-order valence-corrected chi connectivity index (χ4v) is 4.36. The van der Waals surface area contributed by atoms with Crippen molar-refractivity contribution in [1.29, 1.82) is 0 Å². The van der Waals surface area contributed by atoms with Crippen molar-refractivity contribution in [2.24, 2.45) is 16.8 Å². The van der Waals surface area contributed by atoms with Gasteiger partial charge in [-0.05, 0) is 43.4 Å². The van der Waals surface area contributed by atoms with Crippen molar-refractivity contribution >= 4 is 21.6 Å². The van der Waals surface area contributed by atoms with Crippen LogP contribution in [0.15, 0.2) is 39.6 Å². The van der Waals surface area contributed by atoms with Crippen molar-refractivity contribution in [1.82, 2.24) is 9.62 Å². The predicted molar refractivity (Wildman–Crippen MR) is 105 cm³/mol. The lowest BCUT2D eigenvalue weighted by Gasteiger charge is -2.35. The number of ether oxygens (including phenoxy) is 1. The summed E-state index contributed by atoms with van der Waals surface area (Å²) in [5.41, 5.74) is 3.61. The lowest BCUT2D eigenvalue weighted by Crippen LogP contribution is -2.42. The number of nitrogens with zero attached hydrogens (tertiary/aromatic N) is 2. The van der Waals surface area contributed by atoms with Gasteiger partial charge in [-0.1, -0.05) is 0 Å². The highest BCUT2D eigenvalue weighted by Crippen LogP contribution is 2.44. The van der Waals surface area contributed by atoms with Crippen LogP contribution in [0.1, 0.15) is 19.8 Å². The predicted octanol–water partition coefficient (Wildman–Crippen LogP) is 1.26. The Morgan fingerprint density at radius 1 is 1.33 bits per heavy atom. The van der Waals surface area contributed by atoms with Crippen LogP contribution in [0.4, 0.5) is 0 Å². The first-order chi connectivity index (χ1) is 12.8. The van der Waals surface area contributed by atoms with Gasteiger partial charge in [0.25, 0.3) is 0 Å². The van der Waals surface area contributed by atoms with E-state index in [1.807, 2.05) is 12.2 Å². The Morgan fingerprint density at radius 3 is 2.44 bits per heavy atom. The second kappa shape index (κ2) is 7.59. The number of carbonyl (C=O) groups excluding carboxylic acids is 1. The van der Waals surface area contributed by atoms with Gasteiger partial charge in [-0.2, -0.15) is 0 Å². The van der Waals surface area contributed by atoms with E-state index in [9.17, 15) is 13.2 Å². The Hall–Kier alpha value is -1.93. The van der Waals surface area contributed by atoms with Gasteiger partial charge < -0.3 is 10.1 Å². The number of sulfonamides is 1. The van der Waals surface area contributed by atoms with E-state index >= 15 is 0 Å². The Balaban J connectivity index is 2.07. The molecule has 1 saturated heterocycles. The molecule has 1 saturated carbocycles. The largest absolute Gasteiger partial charge is 0.381 e. The highest BCUT2D eigenvalue weighted by molar-refractivity contribution is 7.88. The van der Waals surface area contributed by atoms with E-state index in [4.69, 9.17) is 4.74 Å². The number of hydrogen-bond donors (Lipinski definition) is 1. The minimum absolute atomic E-state index is 0.166. The zero-order chi connectivity index (χ0) is 19.8. The lowest BCUT2D eigenvalue weighted by atomic mass is 9.90. The van der Waals surface area contributed by atoms with Crippen molar-refractivity contribution in [2.75, 3.05) is 40.1 Å². The molecular formula is C19H27N3O4S. The molecule has 0 spiro atoms. The minimum atomic E-state index is -3.45. The molecule has 0 bridgehead atoms. The van der Waals surface area contributed by atoms with Crippen LogP contribution in [0.3, 0.4) is 0 Å². The second-order valence-electron chi connectivity index (χ2n) is 7.33. The molecule has 0 aromatic carbocycles. The number of carbonyl (C=O) groups is 1. The number of aliphatic imine (C=N–C) groups is 1. The second-order valence-corrected chi connectivity index (χ2v) is 9.23. The molecule has 0 aromatic rings. The van der Waals surface area contributed by atoms with Crippen molar-refractivity contribution in [3.8, 4) is 0 Å². The van der Waals surface area contributed by atoms with E-state index in [1.54, 1.807) is 21.0 Å². The molecule has 2 aliphatic carbocycles. The van der Waals surface area contributed by atoms with E-state index < -0.39 is 10.0 Å². The lowest BCUT2D eigenvalue weighted by molar-refractivity contribution is -0.117. The normalized spacial score (nSPS) is 24.1. The number of likely N-dealkylation sites (N-methyl/N-ethyl adjacent to an activating group) is 1. The van der Waals surface area contributed by atoms with Gasteiger partial charge in [0.05, 0.1) is 30.9 Å². The molecule has 148 valence electrons. The Kier molecular flexibility index (Phi) is 5.58. The summed E-state index contributed by atoms with van der Waals surface area (Å²) >= 11 is 0. The third-order valence-electron chi connectivity index (χ3n) is 5.17. The van der Waals surface area contributed by atoms with Crippen LogP contribution in [0, 0.1) is 11.8 Å². The zero-order valence-electron chi connectivity index (χ0n) is 16.3. The monoisotopic (exact) mass is 393 g/mol. The van der Waals surface area contributed by atoms with Crippen LogP contribution < -0.4 is 5.32 Å². The summed E-state index contributed by atoms with van der Waals surface area (Å²) in [4.78, 5) is 16.5. The molecule has 8 heteroatoms. The number of hydrogen-bond acceptors (Lipinski definition) is 5. The van der Waals surface area contributed by atoms with E-state index in [1.165, 1.54) is 10.6 Å². The van der Waals surface area contributed by atoms with Crippen molar-refractivity contribution in [2.45, 2.75) is 19.8 Å². The maximum atomic E-state index is 12.6.